The van der Waals surface area contributed by atoms with E-state index in [0.29, 0.717) is 6.54 Å². The van der Waals surface area contributed by atoms with E-state index in [9.17, 15) is 14.9 Å². The number of non-ortho nitro benzene ring substituents is 1. The van der Waals surface area contributed by atoms with Crippen molar-refractivity contribution in [3.63, 3.8) is 0 Å². The predicted octanol–water partition coefficient (Wildman–Crippen LogP) is 1.76. The largest absolute Gasteiger partial charge is 0.369 e. The van der Waals surface area contributed by atoms with Crippen LogP contribution in [-0.2, 0) is 4.79 Å². The van der Waals surface area contributed by atoms with Crippen LogP contribution in [0.25, 0.3) is 0 Å². The van der Waals surface area contributed by atoms with E-state index < -0.39 is 10.3 Å². The highest BCUT2D eigenvalue weighted by Crippen LogP contribution is 2.20. The van der Waals surface area contributed by atoms with Gasteiger partial charge in [-0.25, -0.2) is 0 Å². The molecule has 0 heterocycles. The molecule has 0 aliphatic carbocycles. The number of carbonyl (C=O) groups excluding carboxylic acids is 1. The predicted molar refractivity (Wildman–Crippen MR) is 72.5 cm³/mol. The maximum absolute atomic E-state index is 11.2. The number of nitrogens with one attached hydrogen (secondary N) is 1. The first-order valence-corrected chi connectivity index (χ1v) is 6.01. The van der Waals surface area contributed by atoms with Gasteiger partial charge in [-0.3, -0.25) is 14.9 Å². The van der Waals surface area contributed by atoms with Crippen LogP contribution in [0.5, 0.6) is 0 Å². The number of amides is 1. The number of rotatable bonds is 6. The number of nitrogens with two attached hydrogens (primary N) is 1. The molecule has 1 atom stereocenters. The van der Waals surface area contributed by atoms with Crippen LogP contribution in [0.15, 0.2) is 24.3 Å². The Balaban J connectivity index is 2.73. The molecule has 104 valence electrons. The van der Waals surface area contributed by atoms with Crippen LogP contribution in [0.1, 0.15) is 32.4 Å². The molecular weight excluding hydrogens is 246 g/mol. The molecule has 1 rings (SSSR count). The van der Waals surface area contributed by atoms with Gasteiger partial charge in [0.25, 0.3) is 5.69 Å². The van der Waals surface area contributed by atoms with Gasteiger partial charge in [-0.1, -0.05) is 12.1 Å². The number of hydrogen-bond donors (Lipinski definition) is 2. The fourth-order valence-electron chi connectivity index (χ4n) is 1.52. The average Bonchev–Trinajstić information content (AvgIpc) is 2.36. The molecule has 3 N–H and O–H groups in total. The molecule has 1 amide bonds. The van der Waals surface area contributed by atoms with E-state index in [0.717, 1.165) is 5.56 Å². The Labute approximate surface area is 112 Å². The van der Waals surface area contributed by atoms with Gasteiger partial charge in [0, 0.05) is 24.7 Å². The van der Waals surface area contributed by atoms with Gasteiger partial charge in [0.05, 0.1) is 10.3 Å². The first kappa shape index (κ1) is 15.1. The topological polar surface area (TPSA) is 98.3 Å². The van der Waals surface area contributed by atoms with E-state index >= 15 is 0 Å². The summed E-state index contributed by atoms with van der Waals surface area (Å²) in [5.41, 5.74) is 5.49. The zero-order valence-electron chi connectivity index (χ0n) is 11.3. The lowest BCUT2D eigenvalue weighted by molar-refractivity contribution is -0.384. The Morgan fingerprint density at radius 2 is 2.16 bits per heavy atom. The fourth-order valence-corrected chi connectivity index (χ4v) is 1.52. The van der Waals surface area contributed by atoms with Crippen molar-refractivity contribution in [2.24, 2.45) is 11.1 Å². The molecule has 1 unspecified atom stereocenters. The van der Waals surface area contributed by atoms with Crippen molar-refractivity contribution in [1.82, 2.24) is 5.32 Å². The summed E-state index contributed by atoms with van der Waals surface area (Å²) in [7, 11) is 0. The minimum atomic E-state index is -0.658. The SMILES string of the molecule is CC(NCC(C)(C)C(N)=O)c1cccc([N+](=O)[O-])c1. The van der Waals surface area contributed by atoms with Crippen LogP contribution in [0.2, 0.25) is 0 Å². The third kappa shape index (κ3) is 4.03. The van der Waals surface area contributed by atoms with Gasteiger partial charge in [-0.2, -0.15) is 0 Å². The lowest BCUT2D eigenvalue weighted by Crippen LogP contribution is -2.41. The number of benzene rings is 1. The molecule has 0 saturated carbocycles. The number of hydrogen-bond acceptors (Lipinski definition) is 4. The second-order valence-electron chi connectivity index (χ2n) is 5.20. The van der Waals surface area contributed by atoms with Crippen LogP contribution in [-0.4, -0.2) is 17.4 Å². The summed E-state index contributed by atoms with van der Waals surface area (Å²) in [6, 6.07) is 6.32. The average molecular weight is 265 g/mol. The Morgan fingerprint density at radius 1 is 1.53 bits per heavy atom. The maximum atomic E-state index is 11.2. The summed E-state index contributed by atoms with van der Waals surface area (Å²) in [4.78, 5) is 21.5. The van der Waals surface area contributed by atoms with Gasteiger partial charge in [0.1, 0.15) is 0 Å². The highest BCUT2D eigenvalue weighted by atomic mass is 16.6. The Hall–Kier alpha value is -1.95. The van der Waals surface area contributed by atoms with Gasteiger partial charge in [0.15, 0.2) is 0 Å². The molecule has 0 saturated heterocycles. The highest BCUT2D eigenvalue weighted by Gasteiger charge is 2.25. The first-order chi connectivity index (χ1) is 8.74. The Kier molecular flexibility index (Phi) is 4.61. The monoisotopic (exact) mass is 265 g/mol. The summed E-state index contributed by atoms with van der Waals surface area (Å²) in [5, 5.41) is 13.9. The van der Waals surface area contributed by atoms with Crippen molar-refractivity contribution >= 4 is 11.6 Å². The third-order valence-electron chi connectivity index (χ3n) is 3.10. The van der Waals surface area contributed by atoms with E-state index in [1.165, 1.54) is 12.1 Å². The van der Waals surface area contributed by atoms with Crippen molar-refractivity contribution in [2.45, 2.75) is 26.8 Å². The fraction of sp³-hybridized carbons (Fsp3) is 0.462. The zero-order chi connectivity index (χ0) is 14.6. The molecule has 6 nitrogen and oxygen atoms in total. The highest BCUT2D eigenvalue weighted by molar-refractivity contribution is 5.80. The molecule has 0 aliphatic heterocycles. The molecule has 0 bridgehead atoms. The number of nitro groups is 1. The van der Waals surface area contributed by atoms with Crippen LogP contribution < -0.4 is 11.1 Å². The standard InChI is InChI=1S/C13H19N3O3/c1-9(15-8-13(2,3)12(14)17)10-5-4-6-11(7-10)16(18)19/h4-7,9,15H,8H2,1-3H3,(H2,14,17). The van der Waals surface area contributed by atoms with E-state index in [4.69, 9.17) is 5.73 Å². The number of carbonyl (C=O) groups is 1. The van der Waals surface area contributed by atoms with Crippen LogP contribution in [0.4, 0.5) is 5.69 Å². The molecule has 0 spiro atoms. The van der Waals surface area contributed by atoms with Crippen molar-refractivity contribution in [3.05, 3.63) is 39.9 Å². The van der Waals surface area contributed by atoms with Gasteiger partial charge < -0.3 is 11.1 Å². The van der Waals surface area contributed by atoms with Gasteiger partial charge >= 0.3 is 0 Å². The molecule has 0 radical (unpaired) electrons. The summed E-state index contributed by atoms with van der Waals surface area (Å²) < 4.78 is 0. The van der Waals surface area contributed by atoms with E-state index in [1.807, 2.05) is 13.0 Å². The van der Waals surface area contributed by atoms with E-state index in [-0.39, 0.29) is 17.6 Å². The normalized spacial score (nSPS) is 13.0. The van der Waals surface area contributed by atoms with Gasteiger partial charge in [-0.05, 0) is 26.3 Å². The summed E-state index contributed by atoms with van der Waals surface area (Å²) in [6.07, 6.45) is 0. The van der Waals surface area contributed by atoms with Crippen molar-refractivity contribution in [3.8, 4) is 0 Å². The second kappa shape index (κ2) is 5.79. The van der Waals surface area contributed by atoms with Gasteiger partial charge in [-0.15, -0.1) is 0 Å². The van der Waals surface area contributed by atoms with Gasteiger partial charge in [0.2, 0.25) is 5.91 Å². The maximum Gasteiger partial charge on any atom is 0.269 e. The molecule has 1 aromatic rings. The smallest absolute Gasteiger partial charge is 0.269 e. The second-order valence-corrected chi connectivity index (χ2v) is 5.20. The third-order valence-corrected chi connectivity index (χ3v) is 3.10. The Bertz CT molecular complexity index is 486. The molecule has 19 heavy (non-hydrogen) atoms. The lowest BCUT2D eigenvalue weighted by Gasteiger charge is -2.24. The van der Waals surface area contributed by atoms with Crippen LogP contribution >= 0.6 is 0 Å². The molecule has 6 heteroatoms. The molecule has 0 aliphatic rings. The van der Waals surface area contributed by atoms with Crippen molar-refractivity contribution < 1.29 is 9.72 Å². The molecular formula is C13H19N3O3. The number of nitro benzene ring substituents is 1. The molecule has 0 aromatic heterocycles. The minimum absolute atomic E-state index is 0.0558. The molecule has 1 aromatic carbocycles. The van der Waals surface area contributed by atoms with Crippen molar-refractivity contribution in [1.29, 1.82) is 0 Å². The molecule has 0 fully saturated rings. The Morgan fingerprint density at radius 3 is 2.68 bits per heavy atom. The lowest BCUT2D eigenvalue weighted by atomic mass is 9.92. The quantitative estimate of drug-likeness (QED) is 0.604. The summed E-state index contributed by atoms with van der Waals surface area (Å²) >= 11 is 0. The summed E-state index contributed by atoms with van der Waals surface area (Å²) in [6.45, 7) is 5.80. The van der Waals surface area contributed by atoms with Crippen LogP contribution in [0, 0.1) is 15.5 Å². The van der Waals surface area contributed by atoms with E-state index in [1.54, 1.807) is 19.9 Å². The minimum Gasteiger partial charge on any atom is -0.369 e. The van der Waals surface area contributed by atoms with Crippen molar-refractivity contribution in [2.75, 3.05) is 6.54 Å². The zero-order valence-corrected chi connectivity index (χ0v) is 11.3. The number of primary amides is 1. The first-order valence-electron chi connectivity index (χ1n) is 6.01. The number of nitrogens with zero attached hydrogens (tertiary/aromatic N) is 1. The van der Waals surface area contributed by atoms with Crippen LogP contribution in [0.3, 0.4) is 0 Å². The summed E-state index contributed by atoms with van der Waals surface area (Å²) in [5.74, 6) is -0.383. The van der Waals surface area contributed by atoms with E-state index in [2.05, 4.69) is 5.32 Å².